The smallest absolute Gasteiger partial charge is 0.241 e. The van der Waals surface area contributed by atoms with Crippen LogP contribution in [0.1, 0.15) is 24.0 Å². The molecule has 1 aromatic heterocycles. The van der Waals surface area contributed by atoms with Gasteiger partial charge in [-0.2, -0.15) is 0 Å². The first kappa shape index (κ1) is 20.9. The average Bonchev–Trinajstić information content (AvgIpc) is 3.27. The van der Waals surface area contributed by atoms with E-state index >= 15 is 0 Å². The van der Waals surface area contributed by atoms with E-state index in [1.54, 1.807) is 19.5 Å². The number of nitrogens with one attached hydrogen (secondary N) is 1. The Morgan fingerprint density at radius 2 is 1.94 bits per heavy atom. The Morgan fingerprint density at radius 3 is 2.71 bits per heavy atom. The summed E-state index contributed by atoms with van der Waals surface area (Å²) in [6.07, 6.45) is 5.37. The van der Waals surface area contributed by atoms with E-state index in [1.807, 2.05) is 48.5 Å². The highest BCUT2D eigenvalue weighted by atomic mass is 16.5. The van der Waals surface area contributed by atoms with Crippen LogP contribution in [0.3, 0.4) is 0 Å². The molecule has 1 aliphatic heterocycles. The van der Waals surface area contributed by atoms with E-state index < -0.39 is 0 Å². The molecule has 0 saturated carbocycles. The summed E-state index contributed by atoms with van der Waals surface area (Å²) in [4.78, 5) is 19.4. The van der Waals surface area contributed by atoms with Gasteiger partial charge in [-0.15, -0.1) is 0 Å². The first-order valence-corrected chi connectivity index (χ1v) is 10.5. The van der Waals surface area contributed by atoms with Gasteiger partial charge in [0, 0.05) is 36.3 Å². The molecule has 3 aromatic rings. The number of carbonyl (C=O) groups excluding carboxylic acids is 1. The lowest BCUT2D eigenvalue weighted by Crippen LogP contribution is -2.39. The van der Waals surface area contributed by atoms with Gasteiger partial charge in [0.05, 0.1) is 13.2 Å². The number of methoxy groups -OCH3 is 1. The molecule has 1 N–H and O–H groups in total. The van der Waals surface area contributed by atoms with Crippen molar-refractivity contribution >= 4 is 11.6 Å². The van der Waals surface area contributed by atoms with Gasteiger partial charge < -0.3 is 14.8 Å². The summed E-state index contributed by atoms with van der Waals surface area (Å²) >= 11 is 0. The van der Waals surface area contributed by atoms with Crippen LogP contribution in [0.15, 0.2) is 73.1 Å². The van der Waals surface area contributed by atoms with Crippen LogP contribution in [0.2, 0.25) is 0 Å². The fraction of sp³-hybridized carbons (Fsp3) is 0.280. The third-order valence-corrected chi connectivity index (χ3v) is 5.44. The molecule has 2 aromatic carbocycles. The molecule has 160 valence electrons. The van der Waals surface area contributed by atoms with Gasteiger partial charge in [0.2, 0.25) is 5.91 Å². The summed E-state index contributed by atoms with van der Waals surface area (Å²) in [7, 11) is 1.60. The van der Waals surface area contributed by atoms with Gasteiger partial charge in [-0.3, -0.25) is 14.7 Å². The van der Waals surface area contributed by atoms with Gasteiger partial charge in [-0.05, 0) is 43.1 Å². The Hall–Kier alpha value is -3.38. The molecule has 1 amide bonds. The number of aromatic nitrogens is 1. The van der Waals surface area contributed by atoms with Crippen LogP contribution in [0, 0.1) is 0 Å². The first-order valence-electron chi connectivity index (χ1n) is 10.5. The van der Waals surface area contributed by atoms with E-state index in [0.29, 0.717) is 23.8 Å². The molecule has 1 saturated heterocycles. The van der Waals surface area contributed by atoms with Crippen molar-refractivity contribution in [2.75, 3.05) is 19.0 Å². The molecular formula is C25H27N3O3. The molecule has 0 radical (unpaired) electrons. The van der Waals surface area contributed by atoms with Gasteiger partial charge in [0.25, 0.3) is 0 Å². The minimum Gasteiger partial charge on any atom is -0.493 e. The Kier molecular flexibility index (Phi) is 6.79. The second-order valence-corrected chi connectivity index (χ2v) is 7.62. The van der Waals surface area contributed by atoms with Gasteiger partial charge in [0.15, 0.2) is 11.5 Å². The molecular weight excluding hydrogens is 390 g/mol. The zero-order chi connectivity index (χ0) is 21.5. The van der Waals surface area contributed by atoms with Crippen LogP contribution < -0.4 is 14.8 Å². The number of rotatable bonds is 8. The van der Waals surface area contributed by atoms with Crippen LogP contribution >= 0.6 is 0 Å². The van der Waals surface area contributed by atoms with Crippen molar-refractivity contribution in [2.45, 2.75) is 32.0 Å². The third-order valence-electron chi connectivity index (χ3n) is 5.44. The maximum absolute atomic E-state index is 13.0. The quantitative estimate of drug-likeness (QED) is 0.593. The Morgan fingerprint density at radius 1 is 1.10 bits per heavy atom. The van der Waals surface area contributed by atoms with Gasteiger partial charge in [-0.1, -0.05) is 36.4 Å². The largest absolute Gasteiger partial charge is 0.493 e. The third kappa shape index (κ3) is 5.41. The molecule has 4 rings (SSSR count). The molecule has 31 heavy (non-hydrogen) atoms. The number of ether oxygens (including phenoxy) is 2. The number of benzene rings is 2. The summed E-state index contributed by atoms with van der Waals surface area (Å²) < 4.78 is 11.4. The molecule has 0 bridgehead atoms. The van der Waals surface area contributed by atoms with E-state index in [4.69, 9.17) is 9.47 Å². The van der Waals surface area contributed by atoms with E-state index in [-0.39, 0.29) is 11.9 Å². The molecule has 1 unspecified atom stereocenters. The summed E-state index contributed by atoms with van der Waals surface area (Å²) in [5.74, 6) is 1.21. The van der Waals surface area contributed by atoms with Crippen molar-refractivity contribution in [1.82, 2.24) is 9.88 Å². The number of hydrogen-bond donors (Lipinski definition) is 1. The number of amides is 1. The van der Waals surface area contributed by atoms with Crippen molar-refractivity contribution in [3.05, 3.63) is 84.2 Å². The second-order valence-electron chi connectivity index (χ2n) is 7.62. The maximum atomic E-state index is 13.0. The number of pyridine rings is 1. The van der Waals surface area contributed by atoms with Crippen molar-refractivity contribution < 1.29 is 14.3 Å². The van der Waals surface area contributed by atoms with Crippen molar-refractivity contribution in [3.8, 4) is 11.5 Å². The number of likely N-dealkylation sites (tertiary alicyclic amines) is 1. The van der Waals surface area contributed by atoms with E-state index in [9.17, 15) is 4.79 Å². The summed E-state index contributed by atoms with van der Waals surface area (Å²) in [6, 6.07) is 19.4. The standard InChI is InChI=1S/C25H27N3O3/c1-30-23-12-11-21(15-24(23)31-18-20-9-5-13-26-16-20)27-25(29)22-10-6-14-28(22)17-19-7-3-2-4-8-19/h2-5,7-9,11-13,15-16,22H,6,10,14,17-18H2,1H3,(H,27,29). The zero-order valence-corrected chi connectivity index (χ0v) is 17.7. The van der Waals surface area contributed by atoms with Crippen molar-refractivity contribution in [2.24, 2.45) is 0 Å². The zero-order valence-electron chi connectivity index (χ0n) is 17.7. The Bertz CT molecular complexity index is 995. The Labute approximate surface area is 182 Å². The minimum absolute atomic E-state index is 0.0109. The van der Waals surface area contributed by atoms with E-state index in [2.05, 4.69) is 27.3 Å². The second kappa shape index (κ2) is 10.1. The van der Waals surface area contributed by atoms with Crippen molar-refractivity contribution in [1.29, 1.82) is 0 Å². The number of carbonyl (C=O) groups is 1. The molecule has 6 heteroatoms. The molecule has 1 fully saturated rings. The number of nitrogens with zero attached hydrogens (tertiary/aromatic N) is 2. The van der Waals surface area contributed by atoms with Gasteiger partial charge in [-0.25, -0.2) is 0 Å². The minimum atomic E-state index is -0.137. The average molecular weight is 418 g/mol. The fourth-order valence-electron chi connectivity index (χ4n) is 3.87. The monoisotopic (exact) mass is 417 g/mol. The van der Waals surface area contributed by atoms with E-state index in [1.165, 1.54) is 5.56 Å². The number of anilines is 1. The molecule has 1 aliphatic rings. The SMILES string of the molecule is COc1ccc(NC(=O)C2CCCN2Cc2ccccc2)cc1OCc1cccnc1. The van der Waals surface area contributed by atoms with Crippen LogP contribution in [0.25, 0.3) is 0 Å². The normalized spacial score (nSPS) is 16.1. The summed E-state index contributed by atoms with van der Waals surface area (Å²) in [5, 5.41) is 3.06. The van der Waals surface area contributed by atoms with Crippen molar-refractivity contribution in [3.63, 3.8) is 0 Å². The fourth-order valence-corrected chi connectivity index (χ4v) is 3.87. The molecule has 6 nitrogen and oxygen atoms in total. The highest BCUT2D eigenvalue weighted by Gasteiger charge is 2.30. The summed E-state index contributed by atoms with van der Waals surface area (Å²) in [6.45, 7) is 2.07. The van der Waals surface area contributed by atoms with E-state index in [0.717, 1.165) is 31.5 Å². The molecule has 0 spiro atoms. The lowest BCUT2D eigenvalue weighted by atomic mass is 10.1. The van der Waals surface area contributed by atoms with Crippen LogP contribution in [0.5, 0.6) is 11.5 Å². The lowest BCUT2D eigenvalue weighted by molar-refractivity contribution is -0.120. The molecule has 1 atom stereocenters. The summed E-state index contributed by atoms with van der Waals surface area (Å²) in [5.41, 5.74) is 2.87. The predicted molar refractivity (Wildman–Crippen MR) is 120 cm³/mol. The maximum Gasteiger partial charge on any atom is 0.241 e. The molecule has 2 heterocycles. The number of hydrogen-bond acceptors (Lipinski definition) is 5. The van der Waals surface area contributed by atoms with Crippen LogP contribution in [-0.4, -0.2) is 35.5 Å². The van der Waals surface area contributed by atoms with Gasteiger partial charge in [0.1, 0.15) is 6.61 Å². The van der Waals surface area contributed by atoms with Crippen LogP contribution in [0.4, 0.5) is 5.69 Å². The highest BCUT2D eigenvalue weighted by Crippen LogP contribution is 2.31. The molecule has 0 aliphatic carbocycles. The lowest BCUT2D eigenvalue weighted by Gasteiger charge is -2.24. The first-order chi connectivity index (χ1) is 15.2. The Balaban J connectivity index is 1.42. The highest BCUT2D eigenvalue weighted by molar-refractivity contribution is 5.95. The van der Waals surface area contributed by atoms with Gasteiger partial charge >= 0.3 is 0 Å². The predicted octanol–water partition coefficient (Wildman–Crippen LogP) is 4.27. The van der Waals surface area contributed by atoms with Crippen LogP contribution in [-0.2, 0) is 17.9 Å². The topological polar surface area (TPSA) is 63.7 Å².